The van der Waals surface area contributed by atoms with E-state index in [0.717, 1.165) is 83.7 Å². The van der Waals surface area contributed by atoms with Gasteiger partial charge in [-0.2, -0.15) is 0 Å². The minimum Gasteiger partial charge on any atom is -0.294 e. The van der Waals surface area contributed by atoms with Gasteiger partial charge in [-0.3, -0.25) is 9.47 Å². The van der Waals surface area contributed by atoms with Crippen molar-refractivity contribution in [1.29, 1.82) is 0 Å². The Bertz CT molecular complexity index is 4470. The van der Waals surface area contributed by atoms with Gasteiger partial charge < -0.3 is 0 Å². The molecule has 10 aromatic carbocycles. The molecular formula is C68H48N4. The fourth-order valence-electron chi connectivity index (χ4n) is 12.1. The number of nitrogens with zero attached hydrogens (tertiary/aromatic N) is 4. The Morgan fingerprint density at radius 3 is 1.69 bits per heavy atom. The number of anilines is 3. The van der Waals surface area contributed by atoms with Crippen LogP contribution < -0.4 is 4.90 Å². The van der Waals surface area contributed by atoms with Gasteiger partial charge in [-0.25, -0.2) is 9.97 Å². The lowest BCUT2D eigenvalue weighted by molar-refractivity contribution is 0.632. The first-order valence-corrected chi connectivity index (χ1v) is 24.9. The molecule has 0 fully saturated rings. The van der Waals surface area contributed by atoms with Crippen LogP contribution in [0, 0.1) is 0 Å². The molecule has 0 bridgehead atoms. The van der Waals surface area contributed by atoms with Crippen molar-refractivity contribution in [1.82, 2.24) is 14.5 Å². The molecule has 0 saturated heterocycles. The summed E-state index contributed by atoms with van der Waals surface area (Å²) in [6.45, 7) is 11.2. The predicted octanol–water partition coefficient (Wildman–Crippen LogP) is 18.5. The standard InChI is InChI=1S/C68H48N4/c1-5-21-47-44(6-2)45-24-9-7-22-42(45)36-53(47)55-40-67(70-61-33-18-13-28-50(55)61)72-63-35-20-16-31-58(63)68(3,4)59-38-57-52-30-15-19-34-62(52)71(64(57)41-65(59)72)66-39-56(51-29-14-17-32-60(51)69-66)54-37-43-23-8-10-25-46(43)48-26-11-12-27-49(48)54/h5-41H,2H2,1,3-4H3/b21-5-. The Morgan fingerprint density at radius 1 is 0.417 bits per heavy atom. The minimum atomic E-state index is -0.346. The lowest BCUT2D eigenvalue weighted by Gasteiger charge is -2.41. The zero-order valence-electron chi connectivity index (χ0n) is 40.4. The molecule has 340 valence electrons. The van der Waals surface area contributed by atoms with E-state index in [1.54, 1.807) is 0 Å². The number of aromatic nitrogens is 3. The molecule has 0 atom stereocenters. The van der Waals surface area contributed by atoms with Crippen molar-refractivity contribution < 1.29 is 0 Å². The van der Waals surface area contributed by atoms with Crippen molar-refractivity contribution in [2.45, 2.75) is 26.2 Å². The molecule has 0 unspecified atom stereocenters. The summed E-state index contributed by atoms with van der Waals surface area (Å²) < 4.78 is 2.39. The Balaban J connectivity index is 1.06. The van der Waals surface area contributed by atoms with Gasteiger partial charge in [-0.15, -0.1) is 0 Å². The molecule has 0 N–H and O–H groups in total. The van der Waals surface area contributed by atoms with Crippen molar-refractivity contribution in [3.8, 4) is 28.1 Å². The highest BCUT2D eigenvalue weighted by atomic mass is 15.2. The highest BCUT2D eigenvalue weighted by Crippen LogP contribution is 2.54. The van der Waals surface area contributed by atoms with Crippen LogP contribution >= 0.6 is 0 Å². The summed E-state index contributed by atoms with van der Waals surface area (Å²) >= 11 is 0. The Hall–Kier alpha value is -9.12. The Kier molecular flexibility index (Phi) is 9.27. The molecular weight excluding hydrogens is 873 g/mol. The van der Waals surface area contributed by atoms with Crippen LogP contribution in [0.4, 0.5) is 17.2 Å². The summed E-state index contributed by atoms with van der Waals surface area (Å²) in [4.78, 5) is 13.6. The van der Waals surface area contributed by atoms with E-state index in [0.29, 0.717) is 0 Å². The summed E-state index contributed by atoms with van der Waals surface area (Å²) in [6, 6.07) is 75.3. The fourth-order valence-corrected chi connectivity index (χ4v) is 12.1. The molecule has 0 spiro atoms. The number of pyridine rings is 2. The van der Waals surface area contributed by atoms with E-state index in [1.807, 2.05) is 6.08 Å². The summed E-state index contributed by atoms with van der Waals surface area (Å²) in [5.41, 5.74) is 15.2. The maximum absolute atomic E-state index is 5.61. The highest BCUT2D eigenvalue weighted by Gasteiger charge is 2.38. The van der Waals surface area contributed by atoms with Gasteiger partial charge in [0.2, 0.25) is 0 Å². The third-order valence-corrected chi connectivity index (χ3v) is 15.4. The summed E-state index contributed by atoms with van der Waals surface area (Å²) in [5, 5.41) is 11.8. The SMILES string of the molecule is C=Cc1c(/C=C\C)c(-c2cc(N3c4ccccc4C(C)(C)c4cc5c6ccccc6n(-c6cc(-c7cc8ccccc8c8ccccc78)c7ccccc7n6)c5cc43)nc3ccccc23)cc2ccccc12. The Morgan fingerprint density at radius 2 is 0.958 bits per heavy atom. The van der Waals surface area contributed by atoms with Gasteiger partial charge >= 0.3 is 0 Å². The number of allylic oxidation sites excluding steroid dienone is 1. The van der Waals surface area contributed by atoms with E-state index in [2.05, 4.69) is 255 Å². The number of hydrogen-bond donors (Lipinski definition) is 0. The average Bonchev–Trinajstić information content (AvgIpc) is 3.75. The van der Waals surface area contributed by atoms with Crippen LogP contribution in [-0.4, -0.2) is 14.5 Å². The molecule has 4 heterocycles. The number of rotatable bonds is 6. The van der Waals surface area contributed by atoms with Crippen LogP contribution in [-0.2, 0) is 5.41 Å². The fraction of sp³-hybridized carbons (Fsp3) is 0.0588. The Labute approximate surface area is 418 Å². The zero-order valence-corrected chi connectivity index (χ0v) is 40.4. The van der Waals surface area contributed by atoms with Crippen LogP contribution in [0.3, 0.4) is 0 Å². The van der Waals surface area contributed by atoms with E-state index in [1.165, 1.54) is 59.8 Å². The van der Waals surface area contributed by atoms with Crippen molar-refractivity contribution >= 4 is 105 Å². The van der Waals surface area contributed by atoms with Gasteiger partial charge in [0.15, 0.2) is 0 Å². The molecule has 4 nitrogen and oxygen atoms in total. The molecule has 0 amide bonds. The molecule has 3 aromatic heterocycles. The summed E-state index contributed by atoms with van der Waals surface area (Å²) in [7, 11) is 0. The molecule has 13 aromatic rings. The smallest absolute Gasteiger partial charge is 0.138 e. The van der Waals surface area contributed by atoms with Crippen molar-refractivity contribution in [3.05, 3.63) is 241 Å². The van der Waals surface area contributed by atoms with Crippen LogP contribution in [0.5, 0.6) is 0 Å². The minimum absolute atomic E-state index is 0.346. The average molecular weight is 921 g/mol. The number of para-hydroxylation sites is 4. The van der Waals surface area contributed by atoms with Gasteiger partial charge in [-0.05, 0) is 144 Å². The van der Waals surface area contributed by atoms with Crippen molar-refractivity contribution in [3.63, 3.8) is 0 Å². The quantitative estimate of drug-likeness (QED) is 0.156. The number of hydrogen-bond acceptors (Lipinski definition) is 3. The third kappa shape index (κ3) is 6.12. The first-order chi connectivity index (χ1) is 35.4. The second-order valence-electron chi connectivity index (χ2n) is 19.7. The molecule has 0 saturated carbocycles. The molecule has 0 radical (unpaired) electrons. The van der Waals surface area contributed by atoms with E-state index < -0.39 is 0 Å². The maximum Gasteiger partial charge on any atom is 0.138 e. The lowest BCUT2D eigenvalue weighted by Crippen LogP contribution is -2.31. The van der Waals surface area contributed by atoms with Gasteiger partial charge in [0.05, 0.1) is 33.4 Å². The number of benzene rings is 10. The van der Waals surface area contributed by atoms with E-state index in [4.69, 9.17) is 9.97 Å². The van der Waals surface area contributed by atoms with Gasteiger partial charge in [-0.1, -0.05) is 184 Å². The second-order valence-corrected chi connectivity index (χ2v) is 19.7. The van der Waals surface area contributed by atoms with Gasteiger partial charge in [0.25, 0.3) is 0 Å². The lowest BCUT2D eigenvalue weighted by atomic mass is 9.73. The van der Waals surface area contributed by atoms with Crippen molar-refractivity contribution in [2.24, 2.45) is 0 Å². The molecule has 4 heteroatoms. The van der Waals surface area contributed by atoms with Gasteiger partial charge in [0, 0.05) is 27.0 Å². The molecule has 1 aliphatic heterocycles. The monoisotopic (exact) mass is 920 g/mol. The normalized spacial score (nSPS) is 13.3. The zero-order chi connectivity index (χ0) is 48.2. The maximum atomic E-state index is 5.61. The second kappa shape index (κ2) is 16.0. The predicted molar refractivity (Wildman–Crippen MR) is 306 cm³/mol. The van der Waals surface area contributed by atoms with Crippen LogP contribution in [0.1, 0.15) is 43.0 Å². The van der Waals surface area contributed by atoms with E-state index in [-0.39, 0.29) is 5.41 Å². The molecule has 14 rings (SSSR count). The number of fused-ring (bicyclic) bond motifs is 11. The van der Waals surface area contributed by atoms with Crippen molar-refractivity contribution in [2.75, 3.05) is 4.90 Å². The summed E-state index contributed by atoms with van der Waals surface area (Å²) in [5.74, 6) is 1.72. The van der Waals surface area contributed by atoms with E-state index >= 15 is 0 Å². The first-order valence-electron chi connectivity index (χ1n) is 24.9. The largest absolute Gasteiger partial charge is 0.294 e. The van der Waals surface area contributed by atoms with Gasteiger partial charge in [0.1, 0.15) is 11.6 Å². The van der Waals surface area contributed by atoms with Crippen LogP contribution in [0.25, 0.3) is 116 Å². The molecule has 72 heavy (non-hydrogen) atoms. The van der Waals surface area contributed by atoms with Crippen LogP contribution in [0.2, 0.25) is 0 Å². The highest BCUT2D eigenvalue weighted by molar-refractivity contribution is 6.17. The first kappa shape index (κ1) is 41.8. The third-order valence-electron chi connectivity index (χ3n) is 15.4. The topological polar surface area (TPSA) is 34.0 Å². The van der Waals surface area contributed by atoms with Crippen LogP contribution in [0.15, 0.2) is 219 Å². The van der Waals surface area contributed by atoms with E-state index in [9.17, 15) is 0 Å². The summed E-state index contributed by atoms with van der Waals surface area (Å²) in [6.07, 6.45) is 6.37. The molecule has 0 aliphatic carbocycles. The molecule has 1 aliphatic rings.